The van der Waals surface area contributed by atoms with E-state index in [-0.39, 0.29) is 11.9 Å². The van der Waals surface area contributed by atoms with Gasteiger partial charge in [-0.05, 0) is 31.9 Å². The van der Waals surface area contributed by atoms with Gasteiger partial charge in [-0.15, -0.1) is 0 Å². The van der Waals surface area contributed by atoms with Crippen LogP contribution in [0.3, 0.4) is 0 Å². The number of rotatable bonds is 4. The monoisotopic (exact) mass is 307 g/mol. The minimum atomic E-state index is -0.161. The Labute approximate surface area is 136 Å². The number of amides is 1. The van der Waals surface area contributed by atoms with E-state index in [2.05, 4.69) is 43.4 Å². The second kappa shape index (κ2) is 6.29. The molecule has 0 aliphatic rings. The third-order valence-corrected chi connectivity index (χ3v) is 4.24. The Bertz CT molecular complexity index is 830. The van der Waals surface area contributed by atoms with Crippen molar-refractivity contribution in [3.8, 4) is 0 Å². The van der Waals surface area contributed by atoms with Crippen LogP contribution in [0.5, 0.6) is 0 Å². The molecule has 0 saturated heterocycles. The van der Waals surface area contributed by atoms with Crippen LogP contribution in [0.15, 0.2) is 52.9 Å². The molecule has 1 amide bonds. The van der Waals surface area contributed by atoms with Gasteiger partial charge < -0.3 is 9.73 Å². The van der Waals surface area contributed by atoms with Crippen molar-refractivity contribution in [3.05, 3.63) is 71.0 Å². The number of hydrogen-bond acceptors (Lipinski definition) is 2. The van der Waals surface area contributed by atoms with Crippen molar-refractivity contribution in [2.24, 2.45) is 0 Å². The number of para-hydroxylation sites is 1. The van der Waals surface area contributed by atoms with E-state index < -0.39 is 0 Å². The van der Waals surface area contributed by atoms with Crippen LogP contribution in [-0.2, 0) is 0 Å². The number of benzene rings is 2. The number of nitrogens with one attached hydrogen (secondary N) is 1. The molecule has 1 atom stereocenters. The Morgan fingerprint density at radius 3 is 2.43 bits per heavy atom. The van der Waals surface area contributed by atoms with Gasteiger partial charge in [-0.25, -0.2) is 0 Å². The van der Waals surface area contributed by atoms with E-state index in [9.17, 15) is 4.79 Å². The summed E-state index contributed by atoms with van der Waals surface area (Å²) >= 11 is 0. The lowest BCUT2D eigenvalue weighted by atomic mass is 10.0. The Kier molecular flexibility index (Phi) is 4.20. The van der Waals surface area contributed by atoms with Gasteiger partial charge in [-0.1, -0.05) is 55.0 Å². The number of carbonyl (C=O) groups excluding carboxylic acids is 1. The quantitative estimate of drug-likeness (QED) is 0.742. The van der Waals surface area contributed by atoms with E-state index >= 15 is 0 Å². The molecule has 0 fully saturated rings. The maximum absolute atomic E-state index is 12.6. The molecule has 3 rings (SSSR count). The summed E-state index contributed by atoms with van der Waals surface area (Å²) in [4.78, 5) is 12.6. The maximum atomic E-state index is 12.6. The first-order chi connectivity index (χ1) is 11.1. The van der Waals surface area contributed by atoms with Crippen LogP contribution in [0.1, 0.15) is 46.6 Å². The molecule has 1 heterocycles. The number of fused-ring (bicyclic) bond motifs is 1. The molecule has 0 aliphatic heterocycles. The summed E-state index contributed by atoms with van der Waals surface area (Å²) in [5.41, 5.74) is 3.96. The summed E-state index contributed by atoms with van der Waals surface area (Å²) in [5.74, 6) is 0.239. The van der Waals surface area contributed by atoms with Crippen LogP contribution in [0.4, 0.5) is 0 Å². The maximum Gasteiger partial charge on any atom is 0.287 e. The third-order valence-electron chi connectivity index (χ3n) is 4.24. The molecule has 0 spiro atoms. The zero-order valence-electron chi connectivity index (χ0n) is 13.7. The fourth-order valence-corrected chi connectivity index (χ4v) is 2.83. The largest absolute Gasteiger partial charge is 0.451 e. The van der Waals surface area contributed by atoms with Gasteiger partial charge in [0.05, 0.1) is 6.04 Å². The van der Waals surface area contributed by atoms with Gasteiger partial charge in [0, 0.05) is 10.9 Å². The molecule has 1 aromatic heterocycles. The molecule has 0 radical (unpaired) electrons. The molecule has 0 saturated carbocycles. The molecule has 3 aromatic rings. The zero-order valence-corrected chi connectivity index (χ0v) is 13.7. The zero-order chi connectivity index (χ0) is 16.4. The Hall–Kier alpha value is -2.55. The van der Waals surface area contributed by atoms with Crippen LogP contribution in [0.2, 0.25) is 0 Å². The van der Waals surface area contributed by atoms with Crippen molar-refractivity contribution < 1.29 is 9.21 Å². The van der Waals surface area contributed by atoms with Gasteiger partial charge in [-0.2, -0.15) is 0 Å². The van der Waals surface area contributed by atoms with Gasteiger partial charge in [0.15, 0.2) is 5.76 Å². The lowest BCUT2D eigenvalue weighted by Crippen LogP contribution is -2.28. The smallest absolute Gasteiger partial charge is 0.287 e. The number of hydrogen-bond donors (Lipinski definition) is 1. The number of aryl methyl sites for hydroxylation is 2. The first kappa shape index (κ1) is 15.3. The van der Waals surface area contributed by atoms with E-state index in [1.807, 2.05) is 31.2 Å². The molecule has 2 aromatic carbocycles. The topological polar surface area (TPSA) is 42.2 Å². The highest BCUT2D eigenvalue weighted by Crippen LogP contribution is 2.26. The molecule has 0 aliphatic carbocycles. The fraction of sp³-hybridized carbons (Fsp3) is 0.250. The van der Waals surface area contributed by atoms with Gasteiger partial charge in [0.25, 0.3) is 5.91 Å². The first-order valence-electron chi connectivity index (χ1n) is 7.95. The molecule has 3 heteroatoms. The Morgan fingerprint density at radius 1 is 1.09 bits per heavy atom. The van der Waals surface area contributed by atoms with E-state index in [0.29, 0.717) is 5.76 Å². The standard InChI is InChI=1S/C20H21NO2/c1-4-17(15-11-9-13(2)10-12-15)21-20(22)19-14(3)16-7-5-6-8-18(16)23-19/h5-12,17H,4H2,1-3H3,(H,21,22)/t17-/m0/s1. The van der Waals surface area contributed by atoms with Crippen LogP contribution < -0.4 is 5.32 Å². The van der Waals surface area contributed by atoms with E-state index in [1.165, 1.54) is 5.56 Å². The van der Waals surface area contributed by atoms with Crippen molar-refractivity contribution in [2.75, 3.05) is 0 Å². The number of furan rings is 1. The van der Waals surface area contributed by atoms with Gasteiger partial charge in [0.2, 0.25) is 0 Å². The molecule has 23 heavy (non-hydrogen) atoms. The first-order valence-corrected chi connectivity index (χ1v) is 7.95. The number of carbonyl (C=O) groups is 1. The molecule has 1 N–H and O–H groups in total. The van der Waals surface area contributed by atoms with Crippen molar-refractivity contribution in [1.82, 2.24) is 5.32 Å². The van der Waals surface area contributed by atoms with Crippen molar-refractivity contribution in [2.45, 2.75) is 33.2 Å². The molecular formula is C20H21NO2. The Balaban J connectivity index is 1.86. The summed E-state index contributed by atoms with van der Waals surface area (Å²) in [6.45, 7) is 6.05. The SMILES string of the molecule is CC[C@H](NC(=O)c1oc2ccccc2c1C)c1ccc(C)cc1. The van der Waals surface area contributed by atoms with E-state index in [1.54, 1.807) is 0 Å². The summed E-state index contributed by atoms with van der Waals surface area (Å²) in [6, 6.07) is 16.0. The molecule has 118 valence electrons. The molecular weight excluding hydrogens is 286 g/mol. The van der Waals surface area contributed by atoms with E-state index in [0.717, 1.165) is 28.5 Å². The third kappa shape index (κ3) is 3.00. The average Bonchev–Trinajstić information content (AvgIpc) is 2.91. The highest BCUT2D eigenvalue weighted by molar-refractivity contribution is 5.99. The second-order valence-corrected chi connectivity index (χ2v) is 5.90. The van der Waals surface area contributed by atoms with Crippen molar-refractivity contribution in [3.63, 3.8) is 0 Å². The van der Waals surface area contributed by atoms with Crippen LogP contribution >= 0.6 is 0 Å². The van der Waals surface area contributed by atoms with Gasteiger partial charge in [0.1, 0.15) is 5.58 Å². The van der Waals surface area contributed by atoms with Crippen molar-refractivity contribution in [1.29, 1.82) is 0 Å². The van der Waals surface area contributed by atoms with Crippen molar-refractivity contribution >= 4 is 16.9 Å². The van der Waals surface area contributed by atoms with Crippen LogP contribution in [0.25, 0.3) is 11.0 Å². The molecule has 0 unspecified atom stereocenters. The lowest BCUT2D eigenvalue weighted by molar-refractivity contribution is 0.0909. The van der Waals surface area contributed by atoms with Gasteiger partial charge in [-0.3, -0.25) is 4.79 Å². The normalized spacial score (nSPS) is 12.3. The minimum Gasteiger partial charge on any atom is -0.451 e. The summed E-state index contributed by atoms with van der Waals surface area (Å²) < 4.78 is 5.75. The fourth-order valence-electron chi connectivity index (χ4n) is 2.83. The predicted molar refractivity (Wildman–Crippen MR) is 92.6 cm³/mol. The predicted octanol–water partition coefficient (Wildman–Crippen LogP) is 4.93. The summed E-state index contributed by atoms with van der Waals surface area (Å²) in [6.07, 6.45) is 0.827. The summed E-state index contributed by atoms with van der Waals surface area (Å²) in [7, 11) is 0. The van der Waals surface area contributed by atoms with Crippen LogP contribution in [0, 0.1) is 13.8 Å². The summed E-state index contributed by atoms with van der Waals surface area (Å²) in [5, 5.41) is 4.07. The van der Waals surface area contributed by atoms with Gasteiger partial charge >= 0.3 is 0 Å². The highest BCUT2D eigenvalue weighted by Gasteiger charge is 2.20. The van der Waals surface area contributed by atoms with Crippen LogP contribution in [-0.4, -0.2) is 5.91 Å². The molecule has 3 nitrogen and oxygen atoms in total. The second-order valence-electron chi connectivity index (χ2n) is 5.90. The van der Waals surface area contributed by atoms with E-state index in [4.69, 9.17) is 4.42 Å². The molecule has 0 bridgehead atoms. The average molecular weight is 307 g/mol. The lowest BCUT2D eigenvalue weighted by Gasteiger charge is -2.17. The highest BCUT2D eigenvalue weighted by atomic mass is 16.3. The Morgan fingerprint density at radius 2 is 1.78 bits per heavy atom. The minimum absolute atomic E-state index is 0.0179.